The highest BCUT2D eigenvalue weighted by Crippen LogP contribution is 2.23. The van der Waals surface area contributed by atoms with E-state index in [9.17, 15) is 0 Å². The van der Waals surface area contributed by atoms with Crippen molar-refractivity contribution in [2.24, 2.45) is 4.99 Å². The van der Waals surface area contributed by atoms with Crippen molar-refractivity contribution < 1.29 is 4.74 Å². The number of benzene rings is 3. The predicted molar refractivity (Wildman–Crippen MR) is 114 cm³/mol. The zero-order chi connectivity index (χ0) is 18.4. The van der Waals surface area contributed by atoms with E-state index in [-0.39, 0.29) is 0 Å². The van der Waals surface area contributed by atoms with Crippen LogP contribution in [0, 0.1) is 13.8 Å². The van der Waals surface area contributed by atoms with Gasteiger partial charge in [0.2, 0.25) is 0 Å². The van der Waals surface area contributed by atoms with Crippen LogP contribution in [0.25, 0.3) is 0 Å². The molecule has 0 radical (unpaired) electrons. The molecule has 0 aliphatic heterocycles. The molecule has 0 amide bonds. The van der Waals surface area contributed by atoms with Crippen molar-refractivity contribution in [1.82, 2.24) is 0 Å². The fourth-order valence-corrected chi connectivity index (χ4v) is 4.11. The molecule has 0 saturated carbocycles. The van der Waals surface area contributed by atoms with Crippen molar-refractivity contribution in [1.29, 1.82) is 0 Å². The number of aryl methyl sites for hydroxylation is 2. The Morgan fingerprint density at radius 2 is 1.62 bits per heavy atom. The van der Waals surface area contributed by atoms with Gasteiger partial charge in [-0.15, -0.1) is 0 Å². The van der Waals surface area contributed by atoms with Gasteiger partial charge in [0.15, 0.2) is 0 Å². The third-order valence-electron chi connectivity index (χ3n) is 4.12. The third-order valence-corrected chi connectivity index (χ3v) is 5.50. The third kappa shape index (κ3) is 4.80. The van der Waals surface area contributed by atoms with E-state index in [0.29, 0.717) is 15.2 Å². The lowest BCUT2D eigenvalue weighted by atomic mass is 10.1. The van der Waals surface area contributed by atoms with E-state index in [1.54, 1.807) is 0 Å². The zero-order valence-corrected chi connectivity index (χ0v) is 16.5. The fourth-order valence-electron chi connectivity index (χ4n) is 2.79. The summed E-state index contributed by atoms with van der Waals surface area (Å²) in [5.41, 5.74) is 4.86. The van der Waals surface area contributed by atoms with Crippen LogP contribution in [0.5, 0.6) is 5.75 Å². The van der Waals surface area contributed by atoms with Gasteiger partial charge in [-0.25, -0.2) is 0 Å². The van der Waals surface area contributed by atoms with E-state index in [0.717, 1.165) is 5.75 Å². The highest BCUT2D eigenvalue weighted by molar-refractivity contribution is 7.56. The lowest BCUT2D eigenvalue weighted by Crippen LogP contribution is -2.12. The topological polar surface area (TPSA) is 21.6 Å². The van der Waals surface area contributed by atoms with Crippen molar-refractivity contribution in [3.8, 4) is 5.75 Å². The van der Waals surface area contributed by atoms with E-state index < -0.39 is 0 Å². The Kier molecular flexibility index (Phi) is 6.20. The molecule has 3 heteroatoms. The Hall–Kier alpha value is -2.44. The lowest BCUT2D eigenvalue weighted by molar-refractivity contribution is 0.309. The molecule has 0 spiro atoms. The van der Waals surface area contributed by atoms with Gasteiger partial charge in [-0.2, -0.15) is 0 Å². The van der Waals surface area contributed by atoms with Crippen LogP contribution in [-0.2, 0) is 6.61 Å². The molecule has 0 fully saturated rings. The SMILES string of the molecule is C/N=C/c1cc(C)ccc1Pc1cc(C)ccc1OCc1ccccc1. The normalized spacial score (nSPS) is 11.5. The maximum atomic E-state index is 6.15. The van der Waals surface area contributed by atoms with Crippen molar-refractivity contribution in [3.05, 3.63) is 89.0 Å². The van der Waals surface area contributed by atoms with Gasteiger partial charge in [-0.05, 0) is 42.9 Å². The van der Waals surface area contributed by atoms with E-state index in [1.165, 1.54) is 32.9 Å². The predicted octanol–water partition coefficient (Wildman–Crippen LogP) is 4.56. The molecule has 1 atom stereocenters. The summed E-state index contributed by atoms with van der Waals surface area (Å²) in [6, 6.07) is 23.3. The van der Waals surface area contributed by atoms with Crippen LogP contribution in [0.2, 0.25) is 0 Å². The first-order valence-corrected chi connectivity index (χ1v) is 9.73. The van der Waals surface area contributed by atoms with Crippen LogP contribution in [0.1, 0.15) is 22.3 Å². The van der Waals surface area contributed by atoms with Crippen LogP contribution >= 0.6 is 8.58 Å². The molecule has 3 rings (SSSR count). The fraction of sp³-hybridized carbons (Fsp3) is 0.174. The average Bonchev–Trinajstić information content (AvgIpc) is 2.64. The molecule has 0 N–H and O–H groups in total. The largest absolute Gasteiger partial charge is 0.488 e. The van der Waals surface area contributed by atoms with Gasteiger partial charge < -0.3 is 4.74 Å². The second-order valence-electron chi connectivity index (χ2n) is 6.38. The number of hydrogen-bond donors (Lipinski definition) is 0. The number of nitrogens with zero attached hydrogens (tertiary/aromatic N) is 1. The molecule has 1 unspecified atom stereocenters. The van der Waals surface area contributed by atoms with Gasteiger partial charge in [0.25, 0.3) is 0 Å². The molecule has 0 saturated heterocycles. The van der Waals surface area contributed by atoms with E-state index in [1.807, 2.05) is 31.5 Å². The number of ether oxygens (including phenoxy) is 1. The Morgan fingerprint density at radius 3 is 2.38 bits per heavy atom. The summed E-state index contributed by atoms with van der Waals surface area (Å²) in [7, 11) is 2.34. The van der Waals surface area contributed by atoms with E-state index >= 15 is 0 Å². The lowest BCUT2D eigenvalue weighted by Gasteiger charge is -2.14. The second kappa shape index (κ2) is 8.78. The Labute approximate surface area is 157 Å². The molecule has 3 aromatic rings. The molecular weight excluding hydrogens is 337 g/mol. The maximum absolute atomic E-state index is 6.15. The molecule has 0 aliphatic rings. The summed E-state index contributed by atoms with van der Waals surface area (Å²) in [4.78, 5) is 4.21. The summed E-state index contributed by atoms with van der Waals surface area (Å²) in [6.07, 6.45) is 1.94. The molecule has 26 heavy (non-hydrogen) atoms. The minimum Gasteiger partial charge on any atom is -0.488 e. The molecular formula is C23H24NOP. The summed E-state index contributed by atoms with van der Waals surface area (Å²) in [5.74, 6) is 0.956. The van der Waals surface area contributed by atoms with Gasteiger partial charge in [0.1, 0.15) is 12.4 Å². The summed E-state index contributed by atoms with van der Waals surface area (Å²) in [6.45, 7) is 4.82. The highest BCUT2D eigenvalue weighted by Gasteiger charge is 2.09. The second-order valence-corrected chi connectivity index (χ2v) is 7.70. The Bertz CT molecular complexity index is 903. The number of hydrogen-bond acceptors (Lipinski definition) is 2. The first-order valence-electron chi connectivity index (χ1n) is 8.73. The molecule has 0 aromatic heterocycles. The summed E-state index contributed by atoms with van der Waals surface area (Å²) >= 11 is 0. The van der Waals surface area contributed by atoms with Crippen LogP contribution in [0.3, 0.4) is 0 Å². The maximum Gasteiger partial charge on any atom is 0.127 e. The summed E-state index contributed by atoms with van der Waals surface area (Å²) in [5, 5.41) is 2.52. The van der Waals surface area contributed by atoms with Crippen LogP contribution in [0.4, 0.5) is 0 Å². The molecule has 0 heterocycles. The summed E-state index contributed by atoms with van der Waals surface area (Å²) < 4.78 is 6.15. The molecule has 0 aliphatic carbocycles. The van der Waals surface area contributed by atoms with Gasteiger partial charge in [-0.1, -0.05) is 68.2 Å². The molecule has 3 aromatic carbocycles. The average molecular weight is 361 g/mol. The first-order chi connectivity index (χ1) is 12.7. The number of aliphatic imine (C=N–C) groups is 1. The Balaban J connectivity index is 1.87. The van der Waals surface area contributed by atoms with Crippen LogP contribution < -0.4 is 15.3 Å². The van der Waals surface area contributed by atoms with Gasteiger partial charge in [-0.3, -0.25) is 4.99 Å². The van der Waals surface area contributed by atoms with Gasteiger partial charge in [0, 0.05) is 24.1 Å². The van der Waals surface area contributed by atoms with Crippen LogP contribution in [-0.4, -0.2) is 13.3 Å². The van der Waals surface area contributed by atoms with Crippen LogP contribution in [0.15, 0.2) is 71.7 Å². The Morgan fingerprint density at radius 1 is 0.885 bits per heavy atom. The molecule has 2 nitrogen and oxygen atoms in total. The standard InChI is InChI=1S/C23H24NOP/c1-17-10-12-22(20(13-17)15-24-3)26-23-14-18(2)9-11-21(23)25-16-19-7-5-4-6-8-19/h4-15,26H,16H2,1-3H3/b24-15+. The van der Waals surface area contributed by atoms with Crippen molar-refractivity contribution >= 4 is 25.4 Å². The molecule has 0 bridgehead atoms. The number of rotatable bonds is 6. The smallest absolute Gasteiger partial charge is 0.127 e. The quantitative estimate of drug-likeness (QED) is 0.466. The minimum absolute atomic E-state index is 0.528. The zero-order valence-electron chi connectivity index (χ0n) is 15.5. The van der Waals surface area contributed by atoms with Gasteiger partial charge >= 0.3 is 0 Å². The van der Waals surface area contributed by atoms with Crippen molar-refractivity contribution in [3.63, 3.8) is 0 Å². The van der Waals surface area contributed by atoms with Crippen molar-refractivity contribution in [2.75, 3.05) is 7.05 Å². The monoisotopic (exact) mass is 361 g/mol. The van der Waals surface area contributed by atoms with Gasteiger partial charge in [0.05, 0.1) is 0 Å². The minimum atomic E-state index is 0.528. The van der Waals surface area contributed by atoms with E-state index in [2.05, 4.69) is 67.4 Å². The van der Waals surface area contributed by atoms with Crippen molar-refractivity contribution in [2.45, 2.75) is 20.5 Å². The highest BCUT2D eigenvalue weighted by atomic mass is 31.1. The first kappa shape index (κ1) is 18.4. The molecule has 132 valence electrons. The van der Waals surface area contributed by atoms with E-state index in [4.69, 9.17) is 4.74 Å².